The lowest BCUT2D eigenvalue weighted by atomic mass is 10.3. The fourth-order valence-electron chi connectivity index (χ4n) is 1.87. The van der Waals surface area contributed by atoms with Crippen LogP contribution >= 0.6 is 0 Å². The van der Waals surface area contributed by atoms with Crippen molar-refractivity contribution in [3.63, 3.8) is 0 Å². The van der Waals surface area contributed by atoms with Gasteiger partial charge in [-0.15, -0.1) is 0 Å². The number of hydrogen-bond donors (Lipinski definition) is 0. The Morgan fingerprint density at radius 3 is 2.41 bits per heavy atom. The molecule has 0 spiro atoms. The van der Waals surface area contributed by atoms with Gasteiger partial charge in [0.1, 0.15) is 11.6 Å². The Morgan fingerprint density at radius 2 is 1.82 bits per heavy atom. The zero-order valence-corrected chi connectivity index (χ0v) is 13.7. The number of ether oxygens (including phenoxy) is 2. The van der Waals surface area contributed by atoms with Gasteiger partial charge in [0.15, 0.2) is 0 Å². The molecule has 6 nitrogen and oxygen atoms in total. The highest BCUT2D eigenvalue weighted by Gasteiger charge is 2.04. The topological polar surface area (TPSA) is 62.1 Å². The SMILES string of the molecule is Cc1ncc(COCCc2ncc(COC(C)C)cn2)n1C. The zero-order valence-electron chi connectivity index (χ0n) is 13.7. The normalized spacial score (nSPS) is 11.3. The molecule has 2 heterocycles. The van der Waals surface area contributed by atoms with E-state index < -0.39 is 0 Å². The lowest BCUT2D eigenvalue weighted by molar-refractivity contribution is 0.0653. The highest BCUT2D eigenvalue weighted by molar-refractivity contribution is 5.04. The van der Waals surface area contributed by atoms with Crippen LogP contribution in [0.3, 0.4) is 0 Å². The summed E-state index contributed by atoms with van der Waals surface area (Å²) in [5, 5.41) is 0. The monoisotopic (exact) mass is 304 g/mol. The van der Waals surface area contributed by atoms with E-state index in [9.17, 15) is 0 Å². The molecule has 0 aliphatic heterocycles. The Balaban J connectivity index is 1.72. The summed E-state index contributed by atoms with van der Waals surface area (Å²) in [7, 11) is 1.99. The second-order valence-corrected chi connectivity index (χ2v) is 5.53. The van der Waals surface area contributed by atoms with Crippen molar-refractivity contribution in [2.24, 2.45) is 7.05 Å². The summed E-state index contributed by atoms with van der Waals surface area (Å²) in [6, 6.07) is 0. The first-order valence-corrected chi connectivity index (χ1v) is 7.52. The predicted molar refractivity (Wildman–Crippen MR) is 83.3 cm³/mol. The van der Waals surface area contributed by atoms with E-state index in [0.717, 1.165) is 22.9 Å². The summed E-state index contributed by atoms with van der Waals surface area (Å²) in [6.07, 6.45) is 6.38. The molecule has 0 bridgehead atoms. The van der Waals surface area contributed by atoms with Gasteiger partial charge in [0.2, 0.25) is 0 Å². The second kappa shape index (κ2) is 8.00. The summed E-state index contributed by atoms with van der Waals surface area (Å²) in [6.45, 7) is 7.69. The first-order valence-electron chi connectivity index (χ1n) is 7.52. The van der Waals surface area contributed by atoms with Crippen LogP contribution in [0, 0.1) is 6.92 Å². The standard InChI is InChI=1S/C16H24N4O2/c1-12(2)22-10-14-7-18-16(19-8-14)5-6-21-11-15-9-17-13(3)20(15)4/h7-9,12H,5-6,10-11H2,1-4H3. The van der Waals surface area contributed by atoms with Crippen molar-refractivity contribution in [2.45, 2.75) is 46.5 Å². The molecule has 0 unspecified atom stereocenters. The van der Waals surface area contributed by atoms with Gasteiger partial charge in [0.05, 0.1) is 37.8 Å². The van der Waals surface area contributed by atoms with Crippen molar-refractivity contribution in [3.8, 4) is 0 Å². The van der Waals surface area contributed by atoms with Crippen molar-refractivity contribution < 1.29 is 9.47 Å². The Kier molecular flexibility index (Phi) is 6.03. The van der Waals surface area contributed by atoms with E-state index in [4.69, 9.17) is 9.47 Å². The van der Waals surface area contributed by atoms with Gasteiger partial charge < -0.3 is 14.0 Å². The van der Waals surface area contributed by atoms with Crippen LogP contribution < -0.4 is 0 Å². The lowest BCUT2D eigenvalue weighted by Crippen LogP contribution is -2.07. The third kappa shape index (κ3) is 4.89. The second-order valence-electron chi connectivity index (χ2n) is 5.53. The Hall–Kier alpha value is -1.79. The van der Waals surface area contributed by atoms with Crippen molar-refractivity contribution in [1.29, 1.82) is 0 Å². The van der Waals surface area contributed by atoms with Crippen molar-refractivity contribution >= 4 is 0 Å². The molecule has 0 saturated carbocycles. The molecule has 0 aliphatic rings. The molecular formula is C16H24N4O2. The number of aryl methyl sites for hydroxylation is 1. The number of nitrogens with zero attached hydrogens (tertiary/aromatic N) is 4. The van der Waals surface area contributed by atoms with E-state index in [-0.39, 0.29) is 6.10 Å². The van der Waals surface area contributed by atoms with E-state index in [1.54, 1.807) is 0 Å². The average molecular weight is 304 g/mol. The third-order valence-corrected chi connectivity index (χ3v) is 3.38. The first-order chi connectivity index (χ1) is 10.6. The van der Waals surface area contributed by atoms with Crippen LogP contribution in [0.2, 0.25) is 0 Å². The summed E-state index contributed by atoms with van der Waals surface area (Å²) in [5.74, 6) is 1.77. The molecule has 6 heteroatoms. The molecular weight excluding hydrogens is 280 g/mol. The fourth-order valence-corrected chi connectivity index (χ4v) is 1.87. The molecule has 2 rings (SSSR count). The van der Waals surface area contributed by atoms with E-state index in [2.05, 4.69) is 15.0 Å². The fraction of sp³-hybridized carbons (Fsp3) is 0.562. The van der Waals surface area contributed by atoms with Gasteiger partial charge in [-0.2, -0.15) is 0 Å². The quantitative estimate of drug-likeness (QED) is 0.700. The third-order valence-electron chi connectivity index (χ3n) is 3.38. The van der Waals surface area contributed by atoms with Crippen LogP contribution in [0.4, 0.5) is 0 Å². The number of hydrogen-bond acceptors (Lipinski definition) is 5. The van der Waals surface area contributed by atoms with Crippen LogP contribution in [0.15, 0.2) is 18.6 Å². The van der Waals surface area contributed by atoms with Crippen LogP contribution in [0.5, 0.6) is 0 Å². The molecule has 0 amide bonds. The maximum absolute atomic E-state index is 5.66. The molecule has 2 aromatic rings. The first kappa shape index (κ1) is 16.6. The van der Waals surface area contributed by atoms with Crippen LogP contribution in [0.25, 0.3) is 0 Å². The minimum absolute atomic E-state index is 0.212. The van der Waals surface area contributed by atoms with Gasteiger partial charge in [0.25, 0.3) is 0 Å². The Bertz CT molecular complexity index is 578. The largest absolute Gasteiger partial charge is 0.375 e. The number of aromatic nitrogens is 4. The molecule has 0 fully saturated rings. The van der Waals surface area contributed by atoms with Crippen LogP contribution in [-0.4, -0.2) is 32.2 Å². The lowest BCUT2D eigenvalue weighted by Gasteiger charge is -2.08. The van der Waals surface area contributed by atoms with E-state index in [0.29, 0.717) is 26.2 Å². The Morgan fingerprint density at radius 1 is 1.09 bits per heavy atom. The van der Waals surface area contributed by atoms with Gasteiger partial charge in [-0.1, -0.05) is 0 Å². The molecule has 2 aromatic heterocycles. The van der Waals surface area contributed by atoms with E-state index in [1.165, 1.54) is 0 Å². The van der Waals surface area contributed by atoms with Crippen molar-refractivity contribution in [3.05, 3.63) is 41.5 Å². The van der Waals surface area contributed by atoms with Crippen molar-refractivity contribution in [2.75, 3.05) is 6.61 Å². The van der Waals surface area contributed by atoms with Gasteiger partial charge in [-0.25, -0.2) is 15.0 Å². The van der Waals surface area contributed by atoms with Gasteiger partial charge in [-0.05, 0) is 20.8 Å². The summed E-state index contributed by atoms with van der Waals surface area (Å²) >= 11 is 0. The molecule has 120 valence electrons. The van der Waals surface area contributed by atoms with E-state index >= 15 is 0 Å². The van der Waals surface area contributed by atoms with Crippen molar-refractivity contribution in [1.82, 2.24) is 19.5 Å². The number of imidazole rings is 1. The zero-order chi connectivity index (χ0) is 15.9. The van der Waals surface area contributed by atoms with E-state index in [1.807, 2.05) is 51.0 Å². The van der Waals surface area contributed by atoms with Crippen LogP contribution in [0.1, 0.15) is 36.8 Å². The predicted octanol–water partition coefficient (Wildman–Crippen LogP) is 2.20. The van der Waals surface area contributed by atoms with Gasteiger partial charge in [0, 0.05) is 31.4 Å². The molecule has 0 aliphatic carbocycles. The molecule has 0 aromatic carbocycles. The molecule has 0 saturated heterocycles. The highest BCUT2D eigenvalue weighted by atomic mass is 16.5. The molecule has 22 heavy (non-hydrogen) atoms. The van der Waals surface area contributed by atoms with Crippen LogP contribution in [-0.2, 0) is 36.2 Å². The summed E-state index contributed by atoms with van der Waals surface area (Å²) in [4.78, 5) is 12.9. The molecule has 0 radical (unpaired) electrons. The highest BCUT2D eigenvalue weighted by Crippen LogP contribution is 2.05. The number of rotatable bonds is 8. The minimum atomic E-state index is 0.212. The average Bonchev–Trinajstić information content (AvgIpc) is 2.82. The van der Waals surface area contributed by atoms with Gasteiger partial charge in [-0.3, -0.25) is 0 Å². The summed E-state index contributed by atoms with van der Waals surface area (Å²) < 4.78 is 13.2. The minimum Gasteiger partial charge on any atom is -0.375 e. The maximum atomic E-state index is 5.66. The Labute approximate surface area is 131 Å². The van der Waals surface area contributed by atoms with Gasteiger partial charge >= 0.3 is 0 Å². The molecule has 0 atom stereocenters. The molecule has 0 N–H and O–H groups in total. The smallest absolute Gasteiger partial charge is 0.130 e. The summed E-state index contributed by atoms with van der Waals surface area (Å²) in [5.41, 5.74) is 2.06. The maximum Gasteiger partial charge on any atom is 0.130 e.